The Morgan fingerprint density at radius 2 is 1.94 bits per heavy atom. The van der Waals surface area contributed by atoms with Gasteiger partial charge in [0.2, 0.25) is 0 Å². The Bertz CT molecular complexity index is 263. The summed E-state index contributed by atoms with van der Waals surface area (Å²) in [6.45, 7) is 7.44. The Morgan fingerprint density at radius 3 is 2.50 bits per heavy atom. The molecular formula is C15H30N2S. The van der Waals surface area contributed by atoms with E-state index in [1.54, 1.807) is 0 Å². The number of likely N-dealkylation sites (tertiary alicyclic amines) is 1. The number of piperidine rings is 1. The zero-order chi connectivity index (χ0) is 13.2. The van der Waals surface area contributed by atoms with Crippen LogP contribution in [0.4, 0.5) is 0 Å². The lowest BCUT2D eigenvalue weighted by atomic mass is 9.86. The van der Waals surface area contributed by atoms with Crippen LogP contribution < -0.4 is 5.32 Å². The molecule has 18 heavy (non-hydrogen) atoms. The molecule has 1 N–H and O–H groups in total. The van der Waals surface area contributed by atoms with E-state index in [0.29, 0.717) is 10.8 Å². The van der Waals surface area contributed by atoms with Crippen LogP contribution in [-0.4, -0.2) is 48.1 Å². The molecular weight excluding hydrogens is 240 g/mol. The summed E-state index contributed by atoms with van der Waals surface area (Å²) < 4.78 is 0.570. The normalized spacial score (nSPS) is 37.0. The highest BCUT2D eigenvalue weighted by atomic mass is 32.2. The van der Waals surface area contributed by atoms with Crippen LogP contribution in [-0.2, 0) is 0 Å². The number of nitrogens with one attached hydrogen (secondary N) is 1. The van der Waals surface area contributed by atoms with Gasteiger partial charge in [-0.25, -0.2) is 0 Å². The molecule has 1 heterocycles. The van der Waals surface area contributed by atoms with Crippen LogP contribution in [0.25, 0.3) is 0 Å². The summed E-state index contributed by atoms with van der Waals surface area (Å²) in [7, 11) is 2.11. The van der Waals surface area contributed by atoms with Gasteiger partial charge in [0.15, 0.2) is 0 Å². The minimum Gasteiger partial charge on any atom is -0.317 e. The highest BCUT2D eigenvalue weighted by Gasteiger charge is 2.39. The van der Waals surface area contributed by atoms with Gasteiger partial charge in [0, 0.05) is 23.4 Å². The number of hydrogen-bond donors (Lipinski definition) is 1. The molecule has 1 saturated carbocycles. The molecule has 0 aromatic carbocycles. The molecule has 3 unspecified atom stereocenters. The SMILES string of the molecule is CNC1CCN(CC2(SC)CCCC2)C(C)C1C. The van der Waals surface area contributed by atoms with Crippen molar-refractivity contribution in [2.24, 2.45) is 5.92 Å². The molecule has 0 spiro atoms. The van der Waals surface area contributed by atoms with Crippen LogP contribution in [0.15, 0.2) is 0 Å². The highest BCUT2D eigenvalue weighted by molar-refractivity contribution is 8.00. The van der Waals surface area contributed by atoms with Crippen molar-refractivity contribution in [1.82, 2.24) is 10.2 Å². The third kappa shape index (κ3) is 2.88. The first-order valence-electron chi connectivity index (χ1n) is 7.58. The van der Waals surface area contributed by atoms with Crippen molar-refractivity contribution in [2.75, 3.05) is 26.4 Å². The van der Waals surface area contributed by atoms with E-state index in [-0.39, 0.29) is 0 Å². The number of thioether (sulfide) groups is 1. The molecule has 2 rings (SSSR count). The summed E-state index contributed by atoms with van der Waals surface area (Å²) in [6, 6.07) is 1.44. The molecule has 1 aliphatic carbocycles. The van der Waals surface area contributed by atoms with Gasteiger partial charge in [0.1, 0.15) is 0 Å². The molecule has 2 nitrogen and oxygen atoms in total. The second-order valence-corrected chi connectivity index (χ2v) is 7.62. The van der Waals surface area contributed by atoms with Crippen molar-refractivity contribution < 1.29 is 0 Å². The predicted octanol–water partition coefficient (Wildman–Crippen LogP) is 2.98. The highest BCUT2D eigenvalue weighted by Crippen LogP contribution is 2.42. The summed E-state index contributed by atoms with van der Waals surface area (Å²) in [6.07, 6.45) is 9.38. The predicted molar refractivity (Wildman–Crippen MR) is 82.4 cm³/mol. The van der Waals surface area contributed by atoms with Gasteiger partial charge in [-0.3, -0.25) is 4.90 Å². The van der Waals surface area contributed by atoms with E-state index in [2.05, 4.69) is 49.1 Å². The second-order valence-electron chi connectivity index (χ2n) is 6.35. The molecule has 1 aliphatic heterocycles. The Kier molecular flexibility index (Phi) is 5.01. The largest absolute Gasteiger partial charge is 0.317 e. The van der Waals surface area contributed by atoms with Crippen LogP contribution in [0.2, 0.25) is 0 Å². The monoisotopic (exact) mass is 270 g/mol. The van der Waals surface area contributed by atoms with Gasteiger partial charge >= 0.3 is 0 Å². The Balaban J connectivity index is 1.97. The maximum Gasteiger partial charge on any atom is 0.0284 e. The lowest BCUT2D eigenvalue weighted by Crippen LogP contribution is -2.55. The quantitative estimate of drug-likeness (QED) is 0.845. The molecule has 0 aromatic heterocycles. The summed E-state index contributed by atoms with van der Waals surface area (Å²) in [5.41, 5.74) is 0. The van der Waals surface area contributed by atoms with E-state index in [0.717, 1.165) is 12.0 Å². The van der Waals surface area contributed by atoms with E-state index < -0.39 is 0 Å². The van der Waals surface area contributed by atoms with Gasteiger partial charge in [-0.15, -0.1) is 0 Å². The molecule has 3 atom stereocenters. The minimum atomic E-state index is 0.570. The van der Waals surface area contributed by atoms with Crippen molar-refractivity contribution in [3.8, 4) is 0 Å². The van der Waals surface area contributed by atoms with Gasteiger partial charge < -0.3 is 5.32 Å². The summed E-state index contributed by atoms with van der Waals surface area (Å²) in [4.78, 5) is 2.76. The maximum absolute atomic E-state index is 3.49. The van der Waals surface area contributed by atoms with Crippen molar-refractivity contribution in [3.63, 3.8) is 0 Å². The van der Waals surface area contributed by atoms with E-state index >= 15 is 0 Å². The average Bonchev–Trinajstić information content (AvgIpc) is 2.85. The fourth-order valence-corrected chi connectivity index (χ4v) is 4.88. The standard InChI is InChI=1S/C15H30N2S/c1-12-13(2)17(10-7-14(12)16-3)11-15(18-4)8-5-6-9-15/h12-14,16H,5-11H2,1-4H3. The lowest BCUT2D eigenvalue weighted by molar-refractivity contribution is 0.0786. The first-order valence-corrected chi connectivity index (χ1v) is 8.81. The van der Waals surface area contributed by atoms with E-state index in [9.17, 15) is 0 Å². The second kappa shape index (κ2) is 6.15. The van der Waals surface area contributed by atoms with Crippen LogP contribution in [0, 0.1) is 5.92 Å². The minimum absolute atomic E-state index is 0.570. The van der Waals surface area contributed by atoms with Crippen molar-refractivity contribution in [2.45, 2.75) is 62.8 Å². The number of nitrogens with zero attached hydrogens (tertiary/aromatic N) is 1. The van der Waals surface area contributed by atoms with E-state index in [1.807, 2.05) is 0 Å². The van der Waals surface area contributed by atoms with Gasteiger partial charge in [0.05, 0.1) is 0 Å². The molecule has 0 bridgehead atoms. The Labute approximate surface area is 117 Å². The summed E-state index contributed by atoms with van der Waals surface area (Å²) in [5, 5.41) is 3.49. The zero-order valence-corrected chi connectivity index (χ0v) is 13.4. The van der Waals surface area contributed by atoms with E-state index in [1.165, 1.54) is 45.2 Å². The first kappa shape index (κ1) is 14.7. The van der Waals surface area contributed by atoms with Crippen LogP contribution in [0.3, 0.4) is 0 Å². The molecule has 106 valence electrons. The topological polar surface area (TPSA) is 15.3 Å². The fourth-order valence-electron chi connectivity index (χ4n) is 3.89. The van der Waals surface area contributed by atoms with Crippen molar-refractivity contribution in [3.05, 3.63) is 0 Å². The van der Waals surface area contributed by atoms with Crippen LogP contribution in [0.5, 0.6) is 0 Å². The summed E-state index contributed by atoms with van der Waals surface area (Å²) in [5.74, 6) is 0.768. The molecule has 0 amide bonds. The lowest BCUT2D eigenvalue weighted by Gasteiger charge is -2.46. The molecule has 0 aromatic rings. The fraction of sp³-hybridized carbons (Fsp3) is 1.00. The van der Waals surface area contributed by atoms with Crippen LogP contribution in [0.1, 0.15) is 46.0 Å². The maximum atomic E-state index is 3.49. The average molecular weight is 270 g/mol. The number of hydrogen-bond acceptors (Lipinski definition) is 3. The molecule has 1 saturated heterocycles. The Hall–Kier alpha value is 0.270. The molecule has 3 heteroatoms. The third-order valence-corrected chi connectivity index (χ3v) is 6.91. The van der Waals surface area contributed by atoms with E-state index in [4.69, 9.17) is 0 Å². The van der Waals surface area contributed by atoms with Crippen molar-refractivity contribution >= 4 is 11.8 Å². The number of rotatable bonds is 4. The first-order chi connectivity index (χ1) is 8.62. The van der Waals surface area contributed by atoms with Gasteiger partial charge in [-0.05, 0) is 52.0 Å². The molecule has 2 fully saturated rings. The smallest absolute Gasteiger partial charge is 0.0284 e. The zero-order valence-electron chi connectivity index (χ0n) is 12.5. The molecule has 2 aliphatic rings. The van der Waals surface area contributed by atoms with Crippen molar-refractivity contribution in [1.29, 1.82) is 0 Å². The molecule has 0 radical (unpaired) electrons. The van der Waals surface area contributed by atoms with Gasteiger partial charge in [0.25, 0.3) is 0 Å². The summed E-state index contributed by atoms with van der Waals surface area (Å²) >= 11 is 2.13. The van der Waals surface area contributed by atoms with Crippen LogP contribution >= 0.6 is 11.8 Å². The van der Waals surface area contributed by atoms with Gasteiger partial charge in [-0.2, -0.15) is 11.8 Å². The third-order valence-electron chi connectivity index (χ3n) is 5.51. The Morgan fingerprint density at radius 1 is 1.28 bits per heavy atom. The van der Waals surface area contributed by atoms with Gasteiger partial charge in [-0.1, -0.05) is 19.8 Å².